The fourth-order valence-electron chi connectivity index (χ4n) is 9.21. The van der Waals surface area contributed by atoms with Gasteiger partial charge in [-0.1, -0.05) is 88.4 Å². The minimum Gasteiger partial charge on any atom is -0.456 e. The van der Waals surface area contributed by atoms with Gasteiger partial charge in [-0.3, -0.25) is 4.99 Å². The lowest BCUT2D eigenvalue weighted by Gasteiger charge is -2.42. The van der Waals surface area contributed by atoms with Gasteiger partial charge in [0.1, 0.15) is 23.2 Å². The van der Waals surface area contributed by atoms with E-state index < -0.39 is 0 Å². The van der Waals surface area contributed by atoms with Gasteiger partial charge in [-0.2, -0.15) is 0 Å². The van der Waals surface area contributed by atoms with Crippen molar-refractivity contribution in [2.45, 2.75) is 71.5 Å². The van der Waals surface area contributed by atoms with Crippen LogP contribution in [0, 0.1) is 12.3 Å². The van der Waals surface area contributed by atoms with Crippen LogP contribution in [0.15, 0.2) is 105 Å². The molecule has 1 N–H and O–H groups in total. The van der Waals surface area contributed by atoms with E-state index in [2.05, 4.69) is 143 Å². The fourth-order valence-corrected chi connectivity index (χ4v) is 9.21. The number of nitrogens with one attached hydrogen (secondary N) is 1. The summed E-state index contributed by atoms with van der Waals surface area (Å²) in [6, 6.07) is 26.8. The van der Waals surface area contributed by atoms with Crippen molar-refractivity contribution in [1.29, 1.82) is 0 Å². The van der Waals surface area contributed by atoms with E-state index in [1.54, 1.807) is 0 Å². The molecule has 0 amide bonds. The summed E-state index contributed by atoms with van der Waals surface area (Å²) in [6.45, 7) is 13.8. The number of nitrogens with zero attached hydrogens (tertiary/aromatic N) is 3. The van der Waals surface area contributed by atoms with Gasteiger partial charge in [-0.25, -0.2) is 0 Å². The molecule has 234 valence electrons. The lowest BCUT2D eigenvalue weighted by Crippen LogP contribution is -2.44. The van der Waals surface area contributed by atoms with Crippen molar-refractivity contribution in [3.05, 3.63) is 124 Å². The molecule has 2 aliphatic carbocycles. The summed E-state index contributed by atoms with van der Waals surface area (Å²) >= 11 is 0. The minimum atomic E-state index is -0.223. The van der Waals surface area contributed by atoms with Gasteiger partial charge in [0.25, 0.3) is 0 Å². The first-order chi connectivity index (χ1) is 22.6. The minimum absolute atomic E-state index is 0.102. The molecule has 5 aromatic rings. The second-order valence-corrected chi connectivity index (χ2v) is 15.4. The van der Waals surface area contributed by atoms with Gasteiger partial charge in [-0.05, 0) is 65.4 Å². The average Bonchev–Trinajstić information content (AvgIpc) is 3.32. The number of hydrogen-bond donors (Lipinski definition) is 1. The first kappa shape index (κ1) is 27.4. The third kappa shape index (κ3) is 3.37. The van der Waals surface area contributed by atoms with Gasteiger partial charge in [-0.15, -0.1) is 0 Å². The highest BCUT2D eigenvalue weighted by molar-refractivity contribution is 6.16. The number of aliphatic imine (C=N–C) groups is 1. The average molecular weight is 617 g/mol. The van der Waals surface area contributed by atoms with Crippen LogP contribution in [0.1, 0.15) is 74.8 Å². The molecule has 0 fully saturated rings. The molecule has 0 radical (unpaired) electrons. The molecule has 3 aliphatic heterocycles. The Bertz CT molecular complexity index is 2330. The maximum Gasteiger partial charge on any atom is 0.137 e. The lowest BCUT2D eigenvalue weighted by molar-refractivity contribution is 0.536. The van der Waals surface area contributed by atoms with E-state index in [1.807, 2.05) is 0 Å². The van der Waals surface area contributed by atoms with Crippen LogP contribution >= 0.6 is 0 Å². The third-order valence-electron chi connectivity index (χ3n) is 12.3. The Morgan fingerprint density at radius 1 is 0.809 bits per heavy atom. The van der Waals surface area contributed by atoms with E-state index in [-0.39, 0.29) is 23.0 Å². The number of para-hydroxylation sites is 1. The van der Waals surface area contributed by atoms with Crippen LogP contribution in [0.3, 0.4) is 0 Å². The molecule has 10 rings (SSSR count). The van der Waals surface area contributed by atoms with Gasteiger partial charge >= 0.3 is 0 Å². The van der Waals surface area contributed by atoms with Gasteiger partial charge in [0.2, 0.25) is 0 Å². The summed E-state index contributed by atoms with van der Waals surface area (Å²) in [5.41, 5.74) is 16.4. The number of allylic oxidation sites excluding steroid dienone is 2. The van der Waals surface area contributed by atoms with Crippen LogP contribution in [0.5, 0.6) is 0 Å². The third-order valence-corrected chi connectivity index (χ3v) is 12.3. The molecule has 0 bridgehead atoms. The van der Waals surface area contributed by atoms with E-state index in [4.69, 9.17) is 9.41 Å². The standard InChI is InChI=1S/C42H40N4O/c1-22-18-19-32-35-34-28(14-11-17-31(34)47-32)42(5,6)29-15-10-16-30-38(29)46(37(22)35)33(45(30)7)21-24-20-27-25-12-8-9-13-26(25)40(43-36(24)27)44-39-23(2)41(39,3)4/h8-20,27,33,36H,21H2,1-7H3,(H,43,44). The van der Waals surface area contributed by atoms with Crippen molar-refractivity contribution >= 4 is 44.8 Å². The van der Waals surface area contributed by atoms with Crippen LogP contribution < -0.4 is 15.1 Å². The zero-order valence-electron chi connectivity index (χ0n) is 28.2. The van der Waals surface area contributed by atoms with Crippen molar-refractivity contribution in [3.8, 4) is 0 Å². The van der Waals surface area contributed by atoms with Gasteiger partial charge < -0.3 is 19.5 Å². The van der Waals surface area contributed by atoms with E-state index in [1.165, 1.54) is 72.5 Å². The molecule has 0 saturated heterocycles. The monoisotopic (exact) mass is 616 g/mol. The van der Waals surface area contributed by atoms with Crippen LogP contribution in [-0.2, 0) is 5.41 Å². The van der Waals surface area contributed by atoms with E-state index in [0.29, 0.717) is 5.92 Å². The summed E-state index contributed by atoms with van der Waals surface area (Å²) in [5, 5.41) is 6.26. The normalized spacial score (nSPS) is 23.9. The highest BCUT2D eigenvalue weighted by Crippen LogP contribution is 2.58. The SMILES string of the molecule is CC1=C(NC2=NC3C(CC4N(C)c5cccc6c5N4c4c(C)ccc5oc7cccc(c7c45)C6(C)C)=CC3c3ccccc32)C1(C)C. The molecule has 47 heavy (non-hydrogen) atoms. The van der Waals surface area contributed by atoms with Crippen molar-refractivity contribution in [2.24, 2.45) is 10.4 Å². The van der Waals surface area contributed by atoms with Crippen molar-refractivity contribution < 1.29 is 4.42 Å². The summed E-state index contributed by atoms with van der Waals surface area (Å²) in [7, 11) is 2.28. The van der Waals surface area contributed by atoms with E-state index in [0.717, 1.165) is 23.4 Å². The van der Waals surface area contributed by atoms with Gasteiger partial charge in [0.15, 0.2) is 0 Å². The first-order valence-electron chi connectivity index (χ1n) is 17.0. The molecule has 0 saturated carbocycles. The number of hydrogen-bond acceptors (Lipinski definition) is 5. The first-order valence-corrected chi connectivity index (χ1v) is 17.0. The Morgan fingerprint density at radius 2 is 1.55 bits per heavy atom. The largest absolute Gasteiger partial charge is 0.456 e. The maximum atomic E-state index is 6.59. The highest BCUT2D eigenvalue weighted by Gasteiger charge is 2.48. The van der Waals surface area contributed by atoms with E-state index in [9.17, 15) is 0 Å². The summed E-state index contributed by atoms with van der Waals surface area (Å²) in [6.07, 6.45) is 3.50. The van der Waals surface area contributed by atoms with Crippen molar-refractivity contribution in [3.63, 3.8) is 0 Å². The number of benzene rings is 4. The van der Waals surface area contributed by atoms with E-state index >= 15 is 0 Å². The molecule has 5 heteroatoms. The predicted octanol–water partition coefficient (Wildman–Crippen LogP) is 9.59. The Hall–Kier alpha value is -4.77. The number of anilines is 3. The second kappa shape index (κ2) is 8.77. The molecular formula is C42H40N4O. The molecule has 4 heterocycles. The molecule has 5 aliphatic rings. The molecule has 3 unspecified atom stereocenters. The molecular weight excluding hydrogens is 576 g/mol. The summed E-state index contributed by atoms with van der Waals surface area (Å²) in [5.74, 6) is 1.33. The summed E-state index contributed by atoms with van der Waals surface area (Å²) in [4.78, 5) is 10.6. The molecule has 0 spiro atoms. The number of aryl methyl sites for hydroxylation is 1. The molecule has 1 aromatic heterocycles. The lowest BCUT2D eigenvalue weighted by atomic mass is 9.71. The summed E-state index contributed by atoms with van der Waals surface area (Å²) < 4.78 is 6.59. The predicted molar refractivity (Wildman–Crippen MR) is 193 cm³/mol. The van der Waals surface area contributed by atoms with Crippen molar-refractivity contribution in [1.82, 2.24) is 5.32 Å². The molecule has 3 atom stereocenters. The Kier molecular flexibility index (Phi) is 5.10. The second-order valence-electron chi connectivity index (χ2n) is 15.4. The number of furan rings is 1. The number of amidine groups is 1. The molecule has 4 aromatic carbocycles. The molecule has 5 nitrogen and oxygen atoms in total. The smallest absolute Gasteiger partial charge is 0.137 e. The number of fused-ring (bicyclic) bond motifs is 4. The Morgan fingerprint density at radius 3 is 2.36 bits per heavy atom. The number of rotatable bonds is 3. The fraction of sp³-hybridized carbons (Fsp3) is 0.310. The van der Waals surface area contributed by atoms with Crippen molar-refractivity contribution in [2.75, 3.05) is 16.8 Å². The quantitative estimate of drug-likeness (QED) is 0.205. The van der Waals surface area contributed by atoms with Gasteiger partial charge in [0, 0.05) is 46.9 Å². The van der Waals surface area contributed by atoms with Crippen LogP contribution in [0.4, 0.5) is 17.1 Å². The zero-order chi connectivity index (χ0) is 32.1. The Labute approximate surface area is 276 Å². The van der Waals surface area contributed by atoms with Crippen LogP contribution in [-0.4, -0.2) is 25.1 Å². The topological polar surface area (TPSA) is 44.0 Å². The zero-order valence-corrected chi connectivity index (χ0v) is 28.2. The van der Waals surface area contributed by atoms with Crippen LogP contribution in [0.25, 0.3) is 21.9 Å². The van der Waals surface area contributed by atoms with Crippen LogP contribution in [0.2, 0.25) is 0 Å². The van der Waals surface area contributed by atoms with Gasteiger partial charge in [0.05, 0.1) is 28.5 Å². The Balaban J connectivity index is 1.13. The highest BCUT2D eigenvalue weighted by atomic mass is 16.3. The maximum absolute atomic E-state index is 6.59.